The molecule has 0 saturated carbocycles. The van der Waals surface area contributed by atoms with E-state index in [1.807, 2.05) is 7.05 Å². The Bertz CT molecular complexity index is 622. The third-order valence-corrected chi connectivity index (χ3v) is 5.03. The monoisotopic (exact) mass is 368 g/mol. The fourth-order valence-electron chi connectivity index (χ4n) is 1.82. The molecule has 1 N–H and O–H groups in total. The van der Waals surface area contributed by atoms with E-state index < -0.39 is 0 Å². The predicted octanol–water partition coefficient (Wildman–Crippen LogP) is 4.96. The van der Waals surface area contributed by atoms with Crippen LogP contribution >= 0.6 is 39.5 Å². The number of nitrogens with zero attached hydrogens (tertiary/aromatic N) is 1. The van der Waals surface area contributed by atoms with Crippen LogP contribution in [0.3, 0.4) is 0 Å². The second kappa shape index (κ2) is 6.70. The molecule has 2 rings (SSSR count). The highest BCUT2D eigenvalue weighted by Crippen LogP contribution is 2.23. The lowest BCUT2D eigenvalue weighted by Crippen LogP contribution is -2.30. The number of hydrogen-bond acceptors (Lipinski definition) is 2. The molecule has 0 radical (unpaired) electrons. The number of thiocarbonyl (C=S) groups is 1. The highest BCUT2D eigenvalue weighted by molar-refractivity contribution is 9.11. The minimum absolute atomic E-state index is 0.739. The number of thiophene rings is 1. The number of rotatable bonds is 3. The third kappa shape index (κ3) is 4.04. The van der Waals surface area contributed by atoms with Gasteiger partial charge in [0.2, 0.25) is 0 Å². The first-order valence-electron chi connectivity index (χ1n) is 6.29. The number of benzene rings is 1. The molecule has 0 amide bonds. The molecule has 5 heteroatoms. The van der Waals surface area contributed by atoms with Crippen LogP contribution in [0.1, 0.15) is 16.0 Å². The quantitative estimate of drug-likeness (QED) is 0.770. The first-order valence-corrected chi connectivity index (χ1v) is 8.31. The van der Waals surface area contributed by atoms with Gasteiger partial charge in [-0.05, 0) is 71.3 Å². The lowest BCUT2D eigenvalue weighted by molar-refractivity contribution is 0.514. The van der Waals surface area contributed by atoms with Gasteiger partial charge in [-0.3, -0.25) is 0 Å². The molecule has 20 heavy (non-hydrogen) atoms. The summed E-state index contributed by atoms with van der Waals surface area (Å²) in [6.07, 6.45) is 0. The maximum Gasteiger partial charge on any atom is 0.173 e. The summed E-state index contributed by atoms with van der Waals surface area (Å²) in [6.45, 7) is 4.98. The van der Waals surface area contributed by atoms with Gasteiger partial charge in [-0.2, -0.15) is 0 Å². The first-order chi connectivity index (χ1) is 9.45. The average molecular weight is 369 g/mol. The normalized spacial score (nSPS) is 10.4. The van der Waals surface area contributed by atoms with Crippen molar-refractivity contribution in [3.8, 4) is 0 Å². The zero-order valence-electron chi connectivity index (χ0n) is 11.7. The molecule has 2 nitrogen and oxygen atoms in total. The summed E-state index contributed by atoms with van der Waals surface area (Å²) in [5.41, 5.74) is 3.50. The van der Waals surface area contributed by atoms with Crippen LogP contribution in [0.5, 0.6) is 0 Å². The molecule has 1 heterocycles. The lowest BCUT2D eigenvalue weighted by Gasteiger charge is -2.21. The molecule has 0 unspecified atom stereocenters. The fourth-order valence-corrected chi connectivity index (χ4v) is 3.53. The maximum atomic E-state index is 5.48. The summed E-state index contributed by atoms with van der Waals surface area (Å²) in [7, 11) is 2.01. The zero-order chi connectivity index (χ0) is 14.7. The van der Waals surface area contributed by atoms with E-state index in [1.54, 1.807) is 11.3 Å². The summed E-state index contributed by atoms with van der Waals surface area (Å²) < 4.78 is 1.15. The Labute approximate surface area is 137 Å². The van der Waals surface area contributed by atoms with E-state index in [1.165, 1.54) is 16.0 Å². The van der Waals surface area contributed by atoms with Gasteiger partial charge in [0.25, 0.3) is 0 Å². The minimum atomic E-state index is 0.739. The molecular formula is C15H17BrN2S2. The number of nitrogens with one attached hydrogen (secondary N) is 1. The van der Waals surface area contributed by atoms with Crippen LogP contribution in [-0.2, 0) is 6.54 Å². The van der Waals surface area contributed by atoms with Crippen molar-refractivity contribution in [1.82, 2.24) is 4.90 Å². The van der Waals surface area contributed by atoms with Crippen LogP contribution in [0, 0.1) is 13.8 Å². The molecule has 0 atom stereocenters. The molecule has 2 aromatic rings. The highest BCUT2D eigenvalue weighted by Gasteiger charge is 2.08. The molecule has 1 aromatic carbocycles. The maximum absolute atomic E-state index is 5.48. The van der Waals surface area contributed by atoms with Gasteiger partial charge in [-0.1, -0.05) is 12.1 Å². The van der Waals surface area contributed by atoms with E-state index in [0.29, 0.717) is 0 Å². The van der Waals surface area contributed by atoms with Crippen molar-refractivity contribution in [3.05, 3.63) is 50.1 Å². The largest absolute Gasteiger partial charge is 0.347 e. The van der Waals surface area contributed by atoms with Crippen molar-refractivity contribution in [2.24, 2.45) is 0 Å². The summed E-state index contributed by atoms with van der Waals surface area (Å²) in [5, 5.41) is 4.07. The van der Waals surface area contributed by atoms with E-state index in [-0.39, 0.29) is 0 Å². The minimum Gasteiger partial charge on any atom is -0.347 e. The Hall–Kier alpha value is -0.910. The lowest BCUT2D eigenvalue weighted by atomic mass is 10.1. The van der Waals surface area contributed by atoms with E-state index in [9.17, 15) is 0 Å². The van der Waals surface area contributed by atoms with Crippen molar-refractivity contribution in [2.75, 3.05) is 12.4 Å². The summed E-state index contributed by atoms with van der Waals surface area (Å²) in [4.78, 5) is 3.33. The van der Waals surface area contributed by atoms with Crippen LogP contribution in [0.15, 0.2) is 34.1 Å². The molecule has 0 spiro atoms. The summed E-state index contributed by atoms with van der Waals surface area (Å²) in [5.74, 6) is 0. The molecule has 0 bridgehead atoms. The molecule has 0 aliphatic heterocycles. The smallest absolute Gasteiger partial charge is 0.173 e. The molecule has 0 aliphatic carbocycles. The van der Waals surface area contributed by atoms with Crippen molar-refractivity contribution in [2.45, 2.75) is 20.4 Å². The van der Waals surface area contributed by atoms with E-state index >= 15 is 0 Å². The van der Waals surface area contributed by atoms with E-state index in [0.717, 1.165) is 21.1 Å². The zero-order valence-corrected chi connectivity index (χ0v) is 15.0. The Morgan fingerprint density at radius 1 is 1.30 bits per heavy atom. The topological polar surface area (TPSA) is 15.3 Å². The van der Waals surface area contributed by atoms with Crippen LogP contribution in [-0.4, -0.2) is 17.1 Å². The standard InChI is InChI=1S/C15H17BrN2S2/c1-10-4-5-11(2)13(8-10)17-15(19)18(3)9-12-6-7-14(16)20-12/h4-8H,9H2,1-3H3,(H,17,19). The Morgan fingerprint density at radius 3 is 2.70 bits per heavy atom. The van der Waals surface area contributed by atoms with Crippen molar-refractivity contribution < 1.29 is 0 Å². The number of hydrogen-bond donors (Lipinski definition) is 1. The molecule has 106 valence electrons. The predicted molar refractivity (Wildman–Crippen MR) is 95.6 cm³/mol. The van der Waals surface area contributed by atoms with Crippen molar-refractivity contribution in [1.29, 1.82) is 0 Å². The van der Waals surface area contributed by atoms with E-state index in [4.69, 9.17) is 12.2 Å². The van der Waals surface area contributed by atoms with Crippen LogP contribution in [0.4, 0.5) is 5.69 Å². The van der Waals surface area contributed by atoms with Gasteiger partial charge in [-0.15, -0.1) is 11.3 Å². The Morgan fingerprint density at radius 2 is 2.05 bits per heavy atom. The molecular weight excluding hydrogens is 352 g/mol. The average Bonchev–Trinajstić information content (AvgIpc) is 2.79. The van der Waals surface area contributed by atoms with Gasteiger partial charge >= 0.3 is 0 Å². The van der Waals surface area contributed by atoms with Crippen molar-refractivity contribution in [3.63, 3.8) is 0 Å². The van der Waals surface area contributed by atoms with Gasteiger partial charge in [0.1, 0.15) is 0 Å². The summed E-state index contributed by atoms with van der Waals surface area (Å²) in [6, 6.07) is 10.5. The van der Waals surface area contributed by atoms with E-state index in [2.05, 4.69) is 70.3 Å². The third-order valence-electron chi connectivity index (χ3n) is 3.00. The first kappa shape index (κ1) is 15.5. The SMILES string of the molecule is Cc1ccc(C)c(NC(=S)N(C)Cc2ccc(Br)s2)c1. The van der Waals surface area contributed by atoms with Crippen LogP contribution < -0.4 is 5.32 Å². The second-order valence-corrected chi connectivity index (χ2v) is 7.74. The molecule has 0 saturated heterocycles. The molecule has 0 aliphatic rings. The second-order valence-electron chi connectivity index (χ2n) is 4.81. The van der Waals surface area contributed by atoms with Crippen LogP contribution in [0.25, 0.3) is 0 Å². The van der Waals surface area contributed by atoms with Gasteiger partial charge < -0.3 is 10.2 Å². The number of anilines is 1. The summed E-state index contributed by atoms with van der Waals surface area (Å²) >= 11 is 10.7. The molecule has 1 aromatic heterocycles. The number of aryl methyl sites for hydroxylation is 2. The van der Waals surface area contributed by atoms with Crippen LogP contribution in [0.2, 0.25) is 0 Å². The van der Waals surface area contributed by atoms with Gasteiger partial charge in [-0.25, -0.2) is 0 Å². The fraction of sp³-hybridized carbons (Fsp3) is 0.267. The van der Waals surface area contributed by atoms with Crippen molar-refractivity contribution >= 4 is 50.3 Å². The van der Waals surface area contributed by atoms with Gasteiger partial charge in [0.15, 0.2) is 5.11 Å². The number of halogens is 1. The molecule has 0 fully saturated rings. The highest BCUT2D eigenvalue weighted by atomic mass is 79.9. The Kier molecular flexibility index (Phi) is 5.18. The van der Waals surface area contributed by atoms with Gasteiger partial charge in [0, 0.05) is 17.6 Å². The Balaban J connectivity index is 2.02. The van der Waals surface area contributed by atoms with Gasteiger partial charge in [0.05, 0.1) is 10.3 Å².